The molecular weight excluding hydrogens is 517 g/mol. The van der Waals surface area contributed by atoms with E-state index in [1.54, 1.807) is 30.3 Å². The molecule has 4 aromatic rings. The molecule has 3 N–H and O–H groups in total. The first-order valence-corrected chi connectivity index (χ1v) is 11.3. The highest BCUT2D eigenvalue weighted by Gasteiger charge is 2.35. The summed E-state index contributed by atoms with van der Waals surface area (Å²) in [5, 5.41) is 17.6. The van der Waals surface area contributed by atoms with Gasteiger partial charge >= 0.3 is 17.7 Å². The maximum absolute atomic E-state index is 13.6. The van der Waals surface area contributed by atoms with Crippen molar-refractivity contribution >= 4 is 44.7 Å². The number of hydrogen-bond acceptors (Lipinski definition) is 8. The van der Waals surface area contributed by atoms with E-state index in [0.717, 1.165) is 16.9 Å². The summed E-state index contributed by atoms with van der Waals surface area (Å²) in [6, 6.07) is 8.96. The Morgan fingerprint density at radius 3 is 2.54 bits per heavy atom. The van der Waals surface area contributed by atoms with Gasteiger partial charge in [0.05, 0.1) is 24.3 Å². The summed E-state index contributed by atoms with van der Waals surface area (Å²) in [4.78, 5) is 38.7. The lowest BCUT2D eigenvalue weighted by molar-refractivity contribution is -0.385. The first kappa shape index (κ1) is 25.6. The highest BCUT2D eigenvalue weighted by Crippen LogP contribution is 2.43. The summed E-state index contributed by atoms with van der Waals surface area (Å²) in [5.74, 6) is -1.83. The minimum absolute atomic E-state index is 0.0680. The summed E-state index contributed by atoms with van der Waals surface area (Å²) in [6.45, 7) is -0.0912. The minimum Gasteiger partial charge on any atom is -0.475 e. The van der Waals surface area contributed by atoms with Gasteiger partial charge in [-0.2, -0.15) is 13.2 Å². The second kappa shape index (κ2) is 9.85. The van der Waals surface area contributed by atoms with Crippen LogP contribution in [0.3, 0.4) is 0 Å². The van der Waals surface area contributed by atoms with Crippen LogP contribution in [0.1, 0.15) is 21.8 Å². The van der Waals surface area contributed by atoms with Gasteiger partial charge in [-0.3, -0.25) is 24.4 Å². The van der Waals surface area contributed by atoms with Gasteiger partial charge < -0.3 is 15.8 Å². The molecule has 1 aromatic carbocycles. The van der Waals surface area contributed by atoms with Crippen LogP contribution in [0.25, 0.3) is 21.3 Å². The van der Waals surface area contributed by atoms with Gasteiger partial charge in [-0.05, 0) is 17.2 Å². The lowest BCUT2D eigenvalue weighted by Crippen LogP contribution is -2.18. The Kier molecular flexibility index (Phi) is 6.80. The minimum atomic E-state index is -4.76. The van der Waals surface area contributed by atoms with E-state index in [9.17, 15) is 32.9 Å². The van der Waals surface area contributed by atoms with Gasteiger partial charge in [0.2, 0.25) is 5.91 Å². The zero-order valence-corrected chi connectivity index (χ0v) is 19.7. The number of ether oxygens (including phenoxy) is 1. The van der Waals surface area contributed by atoms with E-state index in [1.807, 2.05) is 0 Å². The third kappa shape index (κ3) is 5.20. The molecule has 2 amide bonds. The number of aryl methyl sites for hydroxylation is 1. The summed E-state index contributed by atoms with van der Waals surface area (Å²) in [6.07, 6.45) is -3.91. The summed E-state index contributed by atoms with van der Waals surface area (Å²) >= 11 is 0.630. The highest BCUT2D eigenvalue weighted by atomic mass is 32.1. The van der Waals surface area contributed by atoms with Crippen LogP contribution in [-0.2, 0) is 17.5 Å². The van der Waals surface area contributed by atoms with E-state index >= 15 is 0 Å². The van der Waals surface area contributed by atoms with Gasteiger partial charge in [-0.25, -0.2) is 4.98 Å². The Bertz CT molecular complexity index is 1520. The van der Waals surface area contributed by atoms with E-state index in [0.29, 0.717) is 16.9 Å². The van der Waals surface area contributed by atoms with Crippen molar-refractivity contribution in [3.05, 3.63) is 63.3 Å². The number of carbonyl (C=O) groups is 2. The number of benzene rings is 1. The molecule has 192 valence electrons. The van der Waals surface area contributed by atoms with Crippen molar-refractivity contribution in [2.24, 2.45) is 5.73 Å². The number of rotatable bonds is 8. The number of thiophene rings is 1. The third-order valence-corrected chi connectivity index (χ3v) is 6.29. The van der Waals surface area contributed by atoms with Gasteiger partial charge in [0, 0.05) is 11.8 Å². The van der Waals surface area contributed by atoms with Gasteiger partial charge in [0.1, 0.15) is 21.6 Å². The van der Waals surface area contributed by atoms with E-state index in [-0.39, 0.29) is 50.9 Å². The van der Waals surface area contributed by atoms with Gasteiger partial charge in [0.25, 0.3) is 5.91 Å². The number of nitrogens with zero attached hydrogens (tertiary/aromatic N) is 4. The molecule has 0 bridgehead atoms. The summed E-state index contributed by atoms with van der Waals surface area (Å²) in [7, 11) is 1.21. The number of halogens is 3. The smallest absolute Gasteiger partial charge is 0.433 e. The molecule has 0 aliphatic carbocycles. The monoisotopic (exact) mass is 534 g/mol. The third-order valence-electron chi connectivity index (χ3n) is 5.19. The number of pyridine rings is 1. The van der Waals surface area contributed by atoms with Crippen molar-refractivity contribution in [3.63, 3.8) is 0 Å². The summed E-state index contributed by atoms with van der Waals surface area (Å²) in [5.41, 5.74) is 4.36. The largest absolute Gasteiger partial charge is 0.475 e. The first-order valence-electron chi connectivity index (χ1n) is 10.4. The predicted octanol–water partition coefficient (Wildman–Crippen LogP) is 4.22. The molecular formula is C22H17F3N6O5S. The molecule has 15 heteroatoms. The predicted molar refractivity (Wildman–Crippen MR) is 127 cm³/mol. The molecule has 0 atom stereocenters. The molecule has 4 rings (SSSR count). The number of fused-ring (bicyclic) bond motifs is 1. The lowest BCUT2D eigenvalue weighted by Gasteiger charge is -2.12. The summed E-state index contributed by atoms with van der Waals surface area (Å²) < 4.78 is 46.7. The fourth-order valence-electron chi connectivity index (χ4n) is 3.58. The van der Waals surface area contributed by atoms with Crippen molar-refractivity contribution in [1.82, 2.24) is 14.8 Å². The van der Waals surface area contributed by atoms with Crippen LogP contribution in [0.2, 0.25) is 0 Å². The number of amides is 2. The molecule has 37 heavy (non-hydrogen) atoms. The van der Waals surface area contributed by atoms with Crippen LogP contribution in [-0.4, -0.2) is 38.6 Å². The molecule has 0 spiro atoms. The lowest BCUT2D eigenvalue weighted by atomic mass is 10.0. The number of methoxy groups -OCH3 is 1. The van der Waals surface area contributed by atoms with Gasteiger partial charge in [0.15, 0.2) is 0 Å². The van der Waals surface area contributed by atoms with Crippen molar-refractivity contribution < 1.29 is 32.4 Å². The Balaban J connectivity index is 1.74. The fraction of sp³-hybridized carbons (Fsp3) is 0.182. The molecule has 0 saturated heterocycles. The second-order valence-electron chi connectivity index (χ2n) is 7.61. The van der Waals surface area contributed by atoms with E-state index in [4.69, 9.17) is 10.5 Å². The van der Waals surface area contributed by atoms with Crippen LogP contribution >= 0.6 is 11.3 Å². The Labute approximate surface area is 209 Å². The number of alkyl halides is 3. The van der Waals surface area contributed by atoms with E-state index < -0.39 is 28.6 Å². The van der Waals surface area contributed by atoms with Crippen molar-refractivity contribution in [2.75, 3.05) is 12.4 Å². The molecule has 0 saturated carbocycles. The maximum atomic E-state index is 13.6. The average Bonchev–Trinajstić information content (AvgIpc) is 3.44. The van der Waals surface area contributed by atoms with E-state index in [2.05, 4.69) is 15.4 Å². The van der Waals surface area contributed by atoms with Crippen molar-refractivity contribution in [3.8, 4) is 17.0 Å². The Morgan fingerprint density at radius 2 is 1.97 bits per heavy atom. The zero-order chi connectivity index (χ0) is 26.9. The zero-order valence-electron chi connectivity index (χ0n) is 18.9. The van der Waals surface area contributed by atoms with Gasteiger partial charge in [-0.15, -0.1) is 16.4 Å². The molecule has 0 fully saturated rings. The Morgan fingerprint density at radius 1 is 1.27 bits per heavy atom. The van der Waals surface area contributed by atoms with Crippen LogP contribution in [0.4, 0.5) is 24.5 Å². The quantitative estimate of drug-likeness (QED) is 0.253. The molecule has 0 unspecified atom stereocenters. The average molecular weight is 534 g/mol. The second-order valence-corrected chi connectivity index (χ2v) is 8.61. The number of carbonyl (C=O) groups excluding carboxylic acids is 2. The van der Waals surface area contributed by atoms with Gasteiger partial charge in [-0.1, -0.05) is 30.3 Å². The molecule has 11 nitrogen and oxygen atoms in total. The number of nitrogens with two attached hydrogens (primary N) is 1. The van der Waals surface area contributed by atoms with Crippen LogP contribution in [0, 0.1) is 10.1 Å². The van der Waals surface area contributed by atoms with Crippen LogP contribution in [0.15, 0.2) is 42.6 Å². The molecule has 3 aromatic heterocycles. The molecule has 0 aliphatic rings. The molecule has 3 heterocycles. The topological polar surface area (TPSA) is 155 Å². The van der Waals surface area contributed by atoms with Crippen molar-refractivity contribution in [2.45, 2.75) is 19.1 Å². The Hall–Kier alpha value is -4.53. The number of aromatic nitrogens is 3. The normalized spacial score (nSPS) is 11.5. The maximum Gasteiger partial charge on any atom is 0.433 e. The van der Waals surface area contributed by atoms with Crippen LogP contribution < -0.4 is 15.8 Å². The SMILES string of the molecule is COc1nn(CCC(=O)Nc2c(C(N)=O)sc3nc(C(F)(F)F)cc(-c4ccccc4)c23)cc1[N+](=O)[O-]. The van der Waals surface area contributed by atoms with Crippen LogP contribution in [0.5, 0.6) is 5.88 Å². The standard InChI is InChI=1S/C22H17F3N6O5S/c1-36-20-13(31(34)35)10-30(29-20)8-7-15(32)28-17-16-12(11-5-3-2-4-6-11)9-14(22(23,24)25)27-21(16)37-18(17)19(26)33/h2-6,9-10H,7-8H2,1H3,(H2,26,33)(H,28,32). The van der Waals surface area contributed by atoms with Crippen molar-refractivity contribution in [1.29, 1.82) is 0 Å². The number of anilines is 1. The number of primary amides is 1. The number of hydrogen-bond donors (Lipinski definition) is 2. The number of nitro groups is 1. The highest BCUT2D eigenvalue weighted by molar-refractivity contribution is 7.21. The first-order chi connectivity index (χ1) is 17.5. The molecule has 0 radical (unpaired) electrons. The number of nitrogens with one attached hydrogen (secondary N) is 1. The molecule has 0 aliphatic heterocycles. The van der Waals surface area contributed by atoms with E-state index in [1.165, 1.54) is 7.11 Å². The fourth-order valence-corrected chi connectivity index (χ4v) is 4.59.